The molecule has 2 aromatic rings. The molecule has 0 atom stereocenters. The van der Waals surface area contributed by atoms with Gasteiger partial charge in [0.25, 0.3) is 0 Å². The highest BCUT2D eigenvalue weighted by Crippen LogP contribution is 2.23. The van der Waals surface area contributed by atoms with Crippen LogP contribution in [0.25, 0.3) is 0 Å². The first-order valence-electron chi connectivity index (χ1n) is 7.80. The molecule has 2 N–H and O–H groups in total. The van der Waals surface area contributed by atoms with Gasteiger partial charge in [-0.3, -0.25) is 9.59 Å². The van der Waals surface area contributed by atoms with E-state index < -0.39 is 17.2 Å². The molecule has 0 saturated carbocycles. The number of carbonyl (C=O) groups excluding carboxylic acids is 2. The van der Waals surface area contributed by atoms with E-state index in [0.717, 1.165) is 11.1 Å². The quantitative estimate of drug-likeness (QED) is 0.788. The number of hydrogen-bond donors (Lipinski definition) is 2. The molecule has 2 rings (SSSR count). The van der Waals surface area contributed by atoms with Crippen molar-refractivity contribution in [2.75, 3.05) is 5.32 Å². The van der Waals surface area contributed by atoms with Gasteiger partial charge >= 0.3 is 0 Å². The van der Waals surface area contributed by atoms with E-state index in [2.05, 4.69) is 10.6 Å². The van der Waals surface area contributed by atoms with Gasteiger partial charge in [0, 0.05) is 17.3 Å². The van der Waals surface area contributed by atoms with Gasteiger partial charge < -0.3 is 10.6 Å². The summed E-state index contributed by atoms with van der Waals surface area (Å²) in [4.78, 5) is 24.9. The summed E-state index contributed by atoms with van der Waals surface area (Å²) in [6, 6.07) is 10.9. The van der Waals surface area contributed by atoms with Crippen LogP contribution in [0, 0.1) is 18.2 Å². The normalized spacial score (nSPS) is 11.1. The minimum Gasteiger partial charge on any atom is -0.351 e. The van der Waals surface area contributed by atoms with Gasteiger partial charge in [0.05, 0.1) is 0 Å². The lowest BCUT2D eigenvalue weighted by atomic mass is 9.90. The van der Waals surface area contributed by atoms with Crippen LogP contribution in [0.1, 0.15) is 25.0 Å². The molecule has 132 valence electrons. The highest BCUT2D eigenvalue weighted by atomic mass is 35.5. The van der Waals surface area contributed by atoms with Crippen molar-refractivity contribution in [2.45, 2.75) is 27.3 Å². The smallest absolute Gasteiger partial charge is 0.239 e. The first-order chi connectivity index (χ1) is 11.7. The average Bonchev–Trinajstić information content (AvgIpc) is 2.56. The van der Waals surface area contributed by atoms with Crippen molar-refractivity contribution in [1.29, 1.82) is 0 Å². The summed E-state index contributed by atoms with van der Waals surface area (Å²) < 4.78 is 12.9. The van der Waals surface area contributed by atoms with Crippen molar-refractivity contribution >= 4 is 29.1 Å². The first kappa shape index (κ1) is 18.9. The second-order valence-electron chi connectivity index (χ2n) is 6.35. The lowest BCUT2D eigenvalue weighted by Gasteiger charge is -2.23. The Bertz CT molecular complexity index is 789. The second-order valence-corrected chi connectivity index (χ2v) is 6.78. The first-order valence-corrected chi connectivity index (χ1v) is 8.18. The fourth-order valence-corrected chi connectivity index (χ4v) is 2.38. The lowest BCUT2D eigenvalue weighted by Crippen LogP contribution is -2.45. The molecule has 2 amide bonds. The Morgan fingerprint density at radius 2 is 1.72 bits per heavy atom. The number of halogens is 2. The third-order valence-electron chi connectivity index (χ3n) is 3.94. The van der Waals surface area contributed by atoms with Crippen molar-refractivity contribution in [3.8, 4) is 0 Å². The topological polar surface area (TPSA) is 58.2 Å². The van der Waals surface area contributed by atoms with Crippen LogP contribution in [0.2, 0.25) is 5.02 Å². The maximum atomic E-state index is 12.9. The van der Waals surface area contributed by atoms with E-state index in [1.165, 1.54) is 12.1 Å². The number of carbonyl (C=O) groups is 2. The van der Waals surface area contributed by atoms with E-state index in [-0.39, 0.29) is 12.4 Å². The van der Waals surface area contributed by atoms with Crippen LogP contribution < -0.4 is 10.6 Å². The van der Waals surface area contributed by atoms with Crippen LogP contribution in [0.5, 0.6) is 0 Å². The minimum absolute atomic E-state index is 0.218. The van der Waals surface area contributed by atoms with Gasteiger partial charge in [-0.1, -0.05) is 23.7 Å². The number of hydrogen-bond acceptors (Lipinski definition) is 2. The Labute approximate surface area is 151 Å². The summed E-state index contributed by atoms with van der Waals surface area (Å²) in [5.74, 6) is -1.18. The standard InChI is InChI=1S/C19H20ClFN2O2/c1-12-10-14(20)6-9-16(12)23-18(25)19(2,3)17(24)22-11-13-4-7-15(21)8-5-13/h4-10H,11H2,1-3H3,(H,22,24)(H,23,25). The molecule has 0 bridgehead atoms. The van der Waals surface area contributed by atoms with Crippen LogP contribution in [0.4, 0.5) is 10.1 Å². The van der Waals surface area contributed by atoms with E-state index in [1.807, 2.05) is 6.92 Å². The van der Waals surface area contributed by atoms with Crippen molar-refractivity contribution in [2.24, 2.45) is 5.41 Å². The third kappa shape index (κ3) is 4.79. The zero-order valence-electron chi connectivity index (χ0n) is 14.3. The summed E-state index contributed by atoms with van der Waals surface area (Å²) >= 11 is 5.90. The molecule has 0 aliphatic rings. The minimum atomic E-state index is -1.27. The molecule has 0 aliphatic carbocycles. The zero-order valence-corrected chi connectivity index (χ0v) is 15.1. The zero-order chi connectivity index (χ0) is 18.6. The van der Waals surface area contributed by atoms with Crippen LogP contribution in [-0.2, 0) is 16.1 Å². The van der Waals surface area contributed by atoms with E-state index in [9.17, 15) is 14.0 Å². The molecule has 0 aromatic heterocycles. The predicted octanol–water partition coefficient (Wildman–Crippen LogP) is 4.07. The van der Waals surface area contributed by atoms with Crippen LogP contribution in [0.3, 0.4) is 0 Å². The molecule has 0 heterocycles. The number of anilines is 1. The van der Waals surface area contributed by atoms with E-state index in [4.69, 9.17) is 11.6 Å². The summed E-state index contributed by atoms with van der Waals surface area (Å²) in [5.41, 5.74) is 0.892. The predicted molar refractivity (Wildman–Crippen MR) is 96.8 cm³/mol. The maximum absolute atomic E-state index is 12.9. The molecule has 0 spiro atoms. The molecular weight excluding hydrogens is 343 g/mol. The van der Waals surface area contributed by atoms with Gasteiger partial charge in [-0.25, -0.2) is 4.39 Å². The highest BCUT2D eigenvalue weighted by molar-refractivity contribution is 6.30. The monoisotopic (exact) mass is 362 g/mol. The molecular formula is C19H20ClFN2O2. The fourth-order valence-electron chi connectivity index (χ4n) is 2.15. The van der Waals surface area contributed by atoms with Gasteiger partial charge in [-0.2, -0.15) is 0 Å². The second kappa shape index (κ2) is 7.66. The molecule has 0 fully saturated rings. The van der Waals surface area contributed by atoms with Gasteiger partial charge in [-0.15, -0.1) is 0 Å². The number of aryl methyl sites for hydroxylation is 1. The number of rotatable bonds is 5. The van der Waals surface area contributed by atoms with Crippen LogP contribution >= 0.6 is 11.6 Å². The number of benzene rings is 2. The van der Waals surface area contributed by atoms with Gasteiger partial charge in [0.15, 0.2) is 0 Å². The van der Waals surface area contributed by atoms with E-state index in [1.54, 1.807) is 44.2 Å². The van der Waals surface area contributed by atoms with Crippen molar-refractivity contribution in [3.63, 3.8) is 0 Å². The summed E-state index contributed by atoms with van der Waals surface area (Å²) in [7, 11) is 0. The molecule has 0 aliphatic heterocycles. The van der Waals surface area contributed by atoms with Crippen molar-refractivity contribution in [3.05, 3.63) is 64.4 Å². The summed E-state index contributed by atoms with van der Waals surface area (Å²) in [6.07, 6.45) is 0. The van der Waals surface area contributed by atoms with E-state index >= 15 is 0 Å². The van der Waals surface area contributed by atoms with Gasteiger partial charge in [-0.05, 0) is 62.2 Å². The van der Waals surface area contributed by atoms with Crippen LogP contribution in [-0.4, -0.2) is 11.8 Å². The SMILES string of the molecule is Cc1cc(Cl)ccc1NC(=O)C(C)(C)C(=O)NCc1ccc(F)cc1. The summed E-state index contributed by atoms with van der Waals surface area (Å²) in [6.45, 7) is 5.14. The van der Waals surface area contributed by atoms with E-state index in [0.29, 0.717) is 10.7 Å². The largest absolute Gasteiger partial charge is 0.351 e. The Morgan fingerprint density at radius 1 is 1.08 bits per heavy atom. The number of nitrogens with one attached hydrogen (secondary N) is 2. The lowest BCUT2D eigenvalue weighted by molar-refractivity contribution is -0.138. The van der Waals surface area contributed by atoms with Crippen molar-refractivity contribution < 1.29 is 14.0 Å². The number of amides is 2. The highest BCUT2D eigenvalue weighted by Gasteiger charge is 2.36. The average molecular weight is 363 g/mol. The molecule has 4 nitrogen and oxygen atoms in total. The van der Waals surface area contributed by atoms with Crippen LogP contribution in [0.15, 0.2) is 42.5 Å². The molecule has 2 aromatic carbocycles. The third-order valence-corrected chi connectivity index (χ3v) is 4.17. The Hall–Kier alpha value is -2.40. The Balaban J connectivity index is 2.01. The molecule has 0 radical (unpaired) electrons. The molecule has 0 saturated heterocycles. The molecule has 6 heteroatoms. The summed E-state index contributed by atoms with van der Waals surface area (Å²) in [5, 5.41) is 6.04. The fraction of sp³-hybridized carbons (Fsp3) is 0.263. The van der Waals surface area contributed by atoms with Crippen molar-refractivity contribution in [1.82, 2.24) is 5.32 Å². The maximum Gasteiger partial charge on any atom is 0.239 e. The Morgan fingerprint density at radius 3 is 2.32 bits per heavy atom. The van der Waals surface area contributed by atoms with Gasteiger partial charge in [0.1, 0.15) is 11.2 Å². The van der Waals surface area contributed by atoms with Gasteiger partial charge in [0.2, 0.25) is 11.8 Å². The molecule has 0 unspecified atom stereocenters. The Kier molecular flexibility index (Phi) is 5.80. The molecule has 25 heavy (non-hydrogen) atoms.